The standard InChI is InChI=1S/C14H11ClIN3OS/c1-8-6-11(16)7-17-12(8)18-14(21)19-13(20)9-2-4-10(15)5-3-9/h2-7H,1H3,(H2,17,18,19,20,21). The van der Waals surface area contributed by atoms with E-state index in [0.29, 0.717) is 16.4 Å². The molecule has 4 nitrogen and oxygen atoms in total. The van der Waals surface area contributed by atoms with E-state index >= 15 is 0 Å². The second kappa shape index (κ2) is 7.15. The van der Waals surface area contributed by atoms with E-state index in [1.54, 1.807) is 30.5 Å². The Bertz CT molecular complexity index is 691. The molecule has 2 aromatic rings. The van der Waals surface area contributed by atoms with Crippen LogP contribution in [0.3, 0.4) is 0 Å². The van der Waals surface area contributed by atoms with Crippen molar-refractivity contribution in [3.05, 3.63) is 56.2 Å². The van der Waals surface area contributed by atoms with Crippen LogP contribution in [0.15, 0.2) is 36.5 Å². The maximum atomic E-state index is 12.0. The summed E-state index contributed by atoms with van der Waals surface area (Å²) in [5.74, 6) is 0.323. The van der Waals surface area contributed by atoms with Crippen molar-refractivity contribution in [1.29, 1.82) is 0 Å². The van der Waals surface area contributed by atoms with Crippen molar-refractivity contribution in [3.63, 3.8) is 0 Å². The Morgan fingerprint density at radius 3 is 2.62 bits per heavy atom. The number of aromatic nitrogens is 1. The van der Waals surface area contributed by atoms with Gasteiger partial charge in [0, 0.05) is 20.4 Å². The molecule has 0 aliphatic heterocycles. The van der Waals surface area contributed by atoms with Crippen LogP contribution < -0.4 is 10.6 Å². The third-order valence-corrected chi connectivity index (χ3v) is 3.66. The van der Waals surface area contributed by atoms with Crippen LogP contribution in [0.2, 0.25) is 5.02 Å². The van der Waals surface area contributed by atoms with E-state index in [-0.39, 0.29) is 11.0 Å². The summed E-state index contributed by atoms with van der Waals surface area (Å²) in [6.45, 7) is 1.92. The van der Waals surface area contributed by atoms with Crippen LogP contribution in [-0.2, 0) is 0 Å². The molecule has 1 heterocycles. The van der Waals surface area contributed by atoms with Gasteiger partial charge in [0.05, 0.1) is 0 Å². The van der Waals surface area contributed by atoms with Crippen molar-refractivity contribution in [3.8, 4) is 0 Å². The molecule has 0 atom stereocenters. The Kier molecular flexibility index (Phi) is 5.49. The number of nitrogens with zero attached hydrogens (tertiary/aromatic N) is 1. The molecule has 0 bridgehead atoms. The molecule has 1 aromatic heterocycles. The summed E-state index contributed by atoms with van der Waals surface area (Å²) in [7, 11) is 0. The summed E-state index contributed by atoms with van der Waals surface area (Å²) in [6.07, 6.45) is 1.72. The number of pyridine rings is 1. The molecule has 0 aliphatic carbocycles. The normalized spacial score (nSPS) is 10.0. The van der Waals surface area contributed by atoms with E-state index in [1.807, 2.05) is 13.0 Å². The molecule has 0 saturated heterocycles. The minimum absolute atomic E-state index is 0.201. The zero-order valence-corrected chi connectivity index (χ0v) is 14.7. The van der Waals surface area contributed by atoms with Gasteiger partial charge >= 0.3 is 0 Å². The number of aryl methyl sites for hydroxylation is 1. The van der Waals surface area contributed by atoms with E-state index in [4.69, 9.17) is 23.8 Å². The topological polar surface area (TPSA) is 54.0 Å². The maximum Gasteiger partial charge on any atom is 0.257 e. The lowest BCUT2D eigenvalue weighted by atomic mass is 10.2. The molecule has 108 valence electrons. The van der Waals surface area contributed by atoms with Crippen LogP contribution in [-0.4, -0.2) is 16.0 Å². The molecule has 1 aromatic carbocycles. The molecule has 0 aliphatic rings. The average molecular weight is 432 g/mol. The fourth-order valence-corrected chi connectivity index (χ4v) is 2.51. The SMILES string of the molecule is Cc1cc(I)cnc1NC(=S)NC(=O)c1ccc(Cl)cc1. The zero-order valence-electron chi connectivity index (χ0n) is 11.0. The highest BCUT2D eigenvalue weighted by Gasteiger charge is 2.09. The molecule has 0 fully saturated rings. The molecule has 0 spiro atoms. The van der Waals surface area contributed by atoms with Crippen molar-refractivity contribution >= 4 is 63.2 Å². The van der Waals surface area contributed by atoms with Crippen molar-refractivity contribution in [1.82, 2.24) is 10.3 Å². The highest BCUT2D eigenvalue weighted by Crippen LogP contribution is 2.14. The number of carbonyl (C=O) groups is 1. The largest absolute Gasteiger partial charge is 0.317 e. The minimum Gasteiger partial charge on any atom is -0.317 e. The zero-order chi connectivity index (χ0) is 15.4. The van der Waals surface area contributed by atoms with Crippen molar-refractivity contribution in [2.45, 2.75) is 6.92 Å². The summed E-state index contributed by atoms with van der Waals surface area (Å²) in [6, 6.07) is 8.54. The number of benzene rings is 1. The summed E-state index contributed by atoms with van der Waals surface area (Å²) < 4.78 is 1.03. The fraction of sp³-hybridized carbons (Fsp3) is 0.0714. The number of nitrogens with one attached hydrogen (secondary N) is 2. The second-order valence-electron chi connectivity index (χ2n) is 4.23. The van der Waals surface area contributed by atoms with Gasteiger partial charge < -0.3 is 5.32 Å². The second-order valence-corrected chi connectivity index (χ2v) is 6.32. The predicted molar refractivity (Wildman–Crippen MR) is 96.8 cm³/mol. The molecule has 7 heteroatoms. The molecule has 0 saturated carbocycles. The van der Waals surface area contributed by atoms with E-state index in [0.717, 1.165) is 9.13 Å². The lowest BCUT2D eigenvalue weighted by Gasteiger charge is -2.11. The summed E-state index contributed by atoms with van der Waals surface area (Å²) >= 11 is 13.1. The highest BCUT2D eigenvalue weighted by atomic mass is 127. The minimum atomic E-state index is -0.299. The maximum absolute atomic E-state index is 12.0. The fourth-order valence-electron chi connectivity index (χ4n) is 1.59. The van der Waals surface area contributed by atoms with Gasteiger partial charge in [-0.3, -0.25) is 10.1 Å². The summed E-state index contributed by atoms with van der Waals surface area (Å²) in [5, 5.41) is 6.29. The number of carbonyl (C=O) groups excluding carboxylic acids is 1. The van der Waals surface area contributed by atoms with Crippen LogP contribution >= 0.6 is 46.4 Å². The first-order valence-corrected chi connectivity index (χ1v) is 7.82. The number of hydrogen-bond donors (Lipinski definition) is 2. The van der Waals surface area contributed by atoms with Crippen LogP contribution in [0.4, 0.5) is 5.82 Å². The van der Waals surface area contributed by atoms with Gasteiger partial charge in [-0.05, 0) is 77.6 Å². The number of halogens is 2. The first kappa shape index (κ1) is 16.1. The highest BCUT2D eigenvalue weighted by molar-refractivity contribution is 14.1. The third-order valence-electron chi connectivity index (χ3n) is 2.61. The van der Waals surface area contributed by atoms with Gasteiger partial charge in [-0.25, -0.2) is 4.98 Å². The first-order valence-electron chi connectivity index (χ1n) is 5.96. The van der Waals surface area contributed by atoms with Gasteiger partial charge in [0.2, 0.25) is 0 Å². The Morgan fingerprint density at radius 1 is 1.33 bits per heavy atom. The lowest BCUT2D eigenvalue weighted by molar-refractivity contribution is 0.0978. The Balaban J connectivity index is 2.01. The lowest BCUT2D eigenvalue weighted by Crippen LogP contribution is -2.34. The van der Waals surface area contributed by atoms with Gasteiger partial charge in [-0.2, -0.15) is 0 Å². The summed E-state index contributed by atoms with van der Waals surface area (Å²) in [5.41, 5.74) is 1.43. The summed E-state index contributed by atoms with van der Waals surface area (Å²) in [4.78, 5) is 16.2. The first-order chi connectivity index (χ1) is 9.95. The Morgan fingerprint density at radius 2 is 2.00 bits per heavy atom. The molecule has 2 N–H and O–H groups in total. The Labute approximate surface area is 146 Å². The number of rotatable bonds is 2. The van der Waals surface area contributed by atoms with Crippen molar-refractivity contribution in [2.24, 2.45) is 0 Å². The van der Waals surface area contributed by atoms with Crippen LogP contribution in [0.25, 0.3) is 0 Å². The van der Waals surface area contributed by atoms with E-state index in [9.17, 15) is 4.79 Å². The van der Waals surface area contributed by atoms with Gasteiger partial charge in [0.1, 0.15) is 5.82 Å². The number of hydrogen-bond acceptors (Lipinski definition) is 3. The van der Waals surface area contributed by atoms with Crippen molar-refractivity contribution < 1.29 is 4.79 Å². The number of amides is 1. The van der Waals surface area contributed by atoms with E-state index in [1.165, 1.54) is 0 Å². The number of anilines is 1. The molecule has 0 unspecified atom stereocenters. The monoisotopic (exact) mass is 431 g/mol. The molecule has 0 radical (unpaired) electrons. The Hall–Kier alpha value is -1.25. The van der Waals surface area contributed by atoms with Gasteiger partial charge in [-0.1, -0.05) is 11.6 Å². The molecule has 1 amide bonds. The van der Waals surface area contributed by atoms with Gasteiger partial charge in [0.15, 0.2) is 5.11 Å². The average Bonchev–Trinajstić information content (AvgIpc) is 2.42. The predicted octanol–water partition coefficient (Wildman–Crippen LogP) is 3.77. The quantitative estimate of drug-likeness (QED) is 0.561. The third kappa shape index (κ3) is 4.62. The van der Waals surface area contributed by atoms with Crippen molar-refractivity contribution in [2.75, 3.05) is 5.32 Å². The molecule has 21 heavy (non-hydrogen) atoms. The molecule has 2 rings (SSSR count). The van der Waals surface area contributed by atoms with Crippen LogP contribution in [0.1, 0.15) is 15.9 Å². The van der Waals surface area contributed by atoms with Gasteiger partial charge in [0.25, 0.3) is 5.91 Å². The van der Waals surface area contributed by atoms with Crippen LogP contribution in [0.5, 0.6) is 0 Å². The molecular formula is C14H11ClIN3OS. The van der Waals surface area contributed by atoms with E-state index in [2.05, 4.69) is 38.2 Å². The smallest absolute Gasteiger partial charge is 0.257 e. The molecular weight excluding hydrogens is 421 g/mol. The number of thiocarbonyl (C=S) groups is 1. The van der Waals surface area contributed by atoms with E-state index < -0.39 is 0 Å². The van der Waals surface area contributed by atoms with Gasteiger partial charge in [-0.15, -0.1) is 0 Å². The van der Waals surface area contributed by atoms with Crippen LogP contribution in [0, 0.1) is 10.5 Å².